The molecule has 0 unspecified atom stereocenters. The van der Waals surface area contributed by atoms with Gasteiger partial charge in [-0.2, -0.15) is 0 Å². The quantitative estimate of drug-likeness (QED) is 0.908. The molecule has 2 rings (SSSR count). The molecule has 6 heteroatoms. The number of likely N-dealkylation sites (tertiary alicyclic amines) is 1. The van der Waals surface area contributed by atoms with Crippen LogP contribution in [0.2, 0.25) is 0 Å². The molecule has 1 N–H and O–H groups in total. The number of methoxy groups -OCH3 is 1. The summed E-state index contributed by atoms with van der Waals surface area (Å²) in [5.41, 5.74) is 0.362. The summed E-state index contributed by atoms with van der Waals surface area (Å²) in [5, 5.41) is 8.82. The van der Waals surface area contributed by atoms with E-state index >= 15 is 0 Å². The average Bonchev–Trinajstić information content (AvgIpc) is 2.53. The fourth-order valence-electron chi connectivity index (χ4n) is 2.82. The van der Waals surface area contributed by atoms with Gasteiger partial charge in [0.15, 0.2) is 11.6 Å². The lowest BCUT2D eigenvalue weighted by Crippen LogP contribution is -2.44. The Morgan fingerprint density at radius 3 is 2.86 bits per heavy atom. The second-order valence-electron chi connectivity index (χ2n) is 5.43. The number of carbonyl (C=O) groups is 2. The van der Waals surface area contributed by atoms with Crippen molar-refractivity contribution in [2.75, 3.05) is 13.7 Å². The summed E-state index contributed by atoms with van der Waals surface area (Å²) >= 11 is 0. The number of rotatable bonds is 5. The van der Waals surface area contributed by atoms with Gasteiger partial charge in [0.05, 0.1) is 7.11 Å². The van der Waals surface area contributed by atoms with E-state index in [0.717, 1.165) is 19.3 Å². The number of carboxylic acids is 1. The van der Waals surface area contributed by atoms with E-state index in [1.807, 2.05) is 0 Å². The molecule has 1 aromatic carbocycles. The lowest BCUT2D eigenvalue weighted by molar-refractivity contribution is -0.137. The molecule has 1 saturated heterocycles. The normalized spacial score (nSPS) is 18.1. The molecule has 1 aliphatic rings. The Morgan fingerprint density at radius 2 is 2.18 bits per heavy atom. The summed E-state index contributed by atoms with van der Waals surface area (Å²) in [5.74, 6) is -1.54. The van der Waals surface area contributed by atoms with E-state index in [1.165, 1.54) is 25.3 Å². The summed E-state index contributed by atoms with van der Waals surface area (Å²) in [6.45, 7) is 0.600. The van der Waals surface area contributed by atoms with Crippen LogP contribution in [-0.2, 0) is 4.79 Å². The standard InChI is InChI=1S/C16H20FNO4/c1-22-14-10-11(5-7-13(14)17)16(21)18-9-3-2-4-12(18)6-8-15(19)20/h5,7,10,12H,2-4,6,8-9H2,1H3,(H,19,20)/t12-/m1/s1. The molecule has 1 aliphatic heterocycles. The molecule has 0 bridgehead atoms. The molecule has 1 amide bonds. The van der Waals surface area contributed by atoms with E-state index in [0.29, 0.717) is 18.5 Å². The first-order valence-electron chi connectivity index (χ1n) is 7.39. The van der Waals surface area contributed by atoms with Crippen molar-refractivity contribution in [3.8, 4) is 5.75 Å². The molecule has 1 fully saturated rings. The maximum atomic E-state index is 13.4. The predicted octanol–water partition coefficient (Wildman–Crippen LogP) is 2.69. The molecule has 0 saturated carbocycles. The number of nitrogens with zero attached hydrogens (tertiary/aromatic N) is 1. The van der Waals surface area contributed by atoms with E-state index in [9.17, 15) is 14.0 Å². The molecule has 22 heavy (non-hydrogen) atoms. The van der Waals surface area contributed by atoms with Crippen LogP contribution in [0.4, 0.5) is 4.39 Å². The number of hydrogen-bond acceptors (Lipinski definition) is 3. The molecule has 0 aromatic heterocycles. The Kier molecular flexibility index (Phi) is 5.35. The van der Waals surface area contributed by atoms with Crippen LogP contribution in [0.25, 0.3) is 0 Å². The monoisotopic (exact) mass is 309 g/mol. The Hall–Kier alpha value is -2.11. The number of halogens is 1. The Morgan fingerprint density at radius 1 is 1.41 bits per heavy atom. The van der Waals surface area contributed by atoms with Crippen LogP contribution in [0, 0.1) is 5.82 Å². The minimum absolute atomic E-state index is 0.0324. The van der Waals surface area contributed by atoms with Gasteiger partial charge < -0.3 is 14.7 Å². The number of carbonyl (C=O) groups excluding carboxylic acids is 1. The zero-order chi connectivity index (χ0) is 16.1. The smallest absolute Gasteiger partial charge is 0.303 e. The molecule has 5 nitrogen and oxygen atoms in total. The van der Waals surface area contributed by atoms with Crippen LogP contribution < -0.4 is 4.74 Å². The largest absolute Gasteiger partial charge is 0.494 e. The third-order valence-corrected chi connectivity index (χ3v) is 3.98. The molecule has 0 spiro atoms. The van der Waals surface area contributed by atoms with Gasteiger partial charge in [-0.1, -0.05) is 0 Å². The van der Waals surface area contributed by atoms with Crippen molar-refractivity contribution in [2.45, 2.75) is 38.1 Å². The maximum Gasteiger partial charge on any atom is 0.303 e. The van der Waals surface area contributed by atoms with Gasteiger partial charge in [0, 0.05) is 24.6 Å². The number of carboxylic acid groups (broad SMARTS) is 1. The van der Waals surface area contributed by atoms with Crippen molar-refractivity contribution >= 4 is 11.9 Å². The number of aliphatic carboxylic acids is 1. The third kappa shape index (κ3) is 3.75. The van der Waals surface area contributed by atoms with E-state index in [2.05, 4.69) is 0 Å². The van der Waals surface area contributed by atoms with E-state index < -0.39 is 11.8 Å². The van der Waals surface area contributed by atoms with Crippen molar-refractivity contribution in [1.29, 1.82) is 0 Å². The first-order chi connectivity index (χ1) is 10.5. The van der Waals surface area contributed by atoms with Gasteiger partial charge in [-0.3, -0.25) is 9.59 Å². The molecule has 1 aromatic rings. The molecular formula is C16H20FNO4. The lowest BCUT2D eigenvalue weighted by atomic mass is 9.97. The number of ether oxygens (including phenoxy) is 1. The highest BCUT2D eigenvalue weighted by atomic mass is 19.1. The SMILES string of the molecule is COc1cc(C(=O)N2CCCC[C@@H]2CCC(=O)O)ccc1F. The van der Waals surface area contributed by atoms with Crippen LogP contribution in [0.5, 0.6) is 5.75 Å². The zero-order valence-electron chi connectivity index (χ0n) is 12.5. The van der Waals surface area contributed by atoms with Crippen LogP contribution in [-0.4, -0.2) is 41.6 Å². The summed E-state index contributed by atoms with van der Waals surface area (Å²) < 4.78 is 18.4. The fourth-order valence-corrected chi connectivity index (χ4v) is 2.82. The molecule has 120 valence electrons. The zero-order valence-corrected chi connectivity index (χ0v) is 12.5. The average molecular weight is 309 g/mol. The summed E-state index contributed by atoms with van der Waals surface area (Å²) in [7, 11) is 1.35. The van der Waals surface area contributed by atoms with Crippen LogP contribution in [0.3, 0.4) is 0 Å². The van der Waals surface area contributed by atoms with Gasteiger partial charge in [-0.05, 0) is 43.9 Å². The van der Waals surface area contributed by atoms with Crippen molar-refractivity contribution in [2.24, 2.45) is 0 Å². The van der Waals surface area contributed by atoms with Crippen molar-refractivity contribution in [3.63, 3.8) is 0 Å². The van der Waals surface area contributed by atoms with Crippen molar-refractivity contribution in [3.05, 3.63) is 29.6 Å². The molecule has 1 atom stereocenters. The topological polar surface area (TPSA) is 66.8 Å². The molecule has 1 heterocycles. The number of hydrogen-bond donors (Lipinski definition) is 1. The second kappa shape index (κ2) is 7.24. The van der Waals surface area contributed by atoms with Gasteiger partial charge >= 0.3 is 5.97 Å². The van der Waals surface area contributed by atoms with Gasteiger partial charge in [0.25, 0.3) is 5.91 Å². The van der Waals surface area contributed by atoms with Crippen molar-refractivity contribution in [1.82, 2.24) is 4.90 Å². The van der Waals surface area contributed by atoms with Crippen LogP contribution >= 0.6 is 0 Å². The summed E-state index contributed by atoms with van der Waals surface area (Å²) in [6.07, 6.45) is 3.17. The Bertz CT molecular complexity index is 561. The van der Waals surface area contributed by atoms with Crippen LogP contribution in [0.15, 0.2) is 18.2 Å². The maximum absolute atomic E-state index is 13.4. The lowest BCUT2D eigenvalue weighted by Gasteiger charge is -2.35. The Labute approximate surface area is 128 Å². The van der Waals surface area contributed by atoms with E-state index in [-0.39, 0.29) is 24.1 Å². The van der Waals surface area contributed by atoms with Gasteiger partial charge in [0.2, 0.25) is 0 Å². The minimum atomic E-state index is -0.860. The summed E-state index contributed by atoms with van der Waals surface area (Å²) in [6, 6.07) is 3.96. The number of benzene rings is 1. The fraction of sp³-hybridized carbons (Fsp3) is 0.500. The second-order valence-corrected chi connectivity index (χ2v) is 5.43. The summed E-state index contributed by atoms with van der Waals surface area (Å²) in [4.78, 5) is 25.1. The predicted molar refractivity (Wildman–Crippen MR) is 78.5 cm³/mol. The van der Waals surface area contributed by atoms with E-state index in [4.69, 9.17) is 9.84 Å². The third-order valence-electron chi connectivity index (χ3n) is 3.98. The Balaban J connectivity index is 2.16. The molecule has 0 radical (unpaired) electrons. The molecule has 0 aliphatic carbocycles. The minimum Gasteiger partial charge on any atom is -0.494 e. The molecular weight excluding hydrogens is 289 g/mol. The highest BCUT2D eigenvalue weighted by Crippen LogP contribution is 2.25. The van der Waals surface area contributed by atoms with Gasteiger partial charge in [0.1, 0.15) is 0 Å². The van der Waals surface area contributed by atoms with Gasteiger partial charge in [-0.25, -0.2) is 4.39 Å². The number of piperidine rings is 1. The highest BCUT2D eigenvalue weighted by Gasteiger charge is 2.28. The van der Waals surface area contributed by atoms with Crippen LogP contribution in [0.1, 0.15) is 42.5 Å². The number of amides is 1. The highest BCUT2D eigenvalue weighted by molar-refractivity contribution is 5.95. The van der Waals surface area contributed by atoms with Gasteiger partial charge in [-0.15, -0.1) is 0 Å². The first kappa shape index (κ1) is 16.3. The van der Waals surface area contributed by atoms with Crippen molar-refractivity contribution < 1.29 is 23.8 Å². The van der Waals surface area contributed by atoms with E-state index in [1.54, 1.807) is 4.90 Å². The first-order valence-corrected chi connectivity index (χ1v) is 7.39.